The highest BCUT2D eigenvalue weighted by Gasteiger charge is 2.38. The molecule has 8 rings (SSSR count). The topological polar surface area (TPSA) is 99.4 Å². The number of hydrogen-bond donors (Lipinski definition) is 0. The Morgan fingerprint density at radius 1 is 0.915 bits per heavy atom. The molecule has 0 fully saturated rings. The number of anilines is 1. The van der Waals surface area contributed by atoms with Crippen LogP contribution < -0.4 is 29.3 Å². The van der Waals surface area contributed by atoms with E-state index >= 15 is 0 Å². The third-order valence-corrected chi connectivity index (χ3v) is 9.45. The average molecular weight is 642 g/mol. The van der Waals surface area contributed by atoms with Gasteiger partial charge in [0, 0.05) is 11.1 Å². The second kappa shape index (κ2) is 11.6. The molecule has 1 aromatic heterocycles. The van der Waals surface area contributed by atoms with Crippen LogP contribution in [0.25, 0.3) is 11.3 Å². The van der Waals surface area contributed by atoms with E-state index < -0.39 is 17.6 Å². The first-order chi connectivity index (χ1) is 23.0. The van der Waals surface area contributed by atoms with Gasteiger partial charge in [0.05, 0.1) is 41.7 Å². The van der Waals surface area contributed by atoms with Gasteiger partial charge in [0.25, 0.3) is 11.5 Å². The summed E-state index contributed by atoms with van der Waals surface area (Å²) in [5.74, 6) is 0.213. The van der Waals surface area contributed by atoms with Crippen LogP contribution in [0.2, 0.25) is 0 Å². The second-order valence-electron chi connectivity index (χ2n) is 11.1. The number of nitrogens with zero attached hydrogens (tertiary/aromatic N) is 3. The number of rotatable bonds is 6. The molecule has 4 heterocycles. The van der Waals surface area contributed by atoms with Gasteiger partial charge >= 0.3 is 5.97 Å². The zero-order valence-electron chi connectivity index (χ0n) is 25.2. The zero-order valence-corrected chi connectivity index (χ0v) is 26.0. The number of hydrogen-bond acceptors (Lipinski definition) is 8. The number of para-hydroxylation sites is 1. The van der Waals surface area contributed by atoms with Gasteiger partial charge in [-0.3, -0.25) is 14.2 Å². The highest BCUT2D eigenvalue weighted by molar-refractivity contribution is 7.07. The fraction of sp³-hybridized carbons (Fsp3) is 0.135. The van der Waals surface area contributed by atoms with E-state index in [1.807, 2.05) is 91.0 Å². The van der Waals surface area contributed by atoms with E-state index in [9.17, 15) is 14.4 Å². The van der Waals surface area contributed by atoms with E-state index in [0.29, 0.717) is 50.8 Å². The Kier molecular flexibility index (Phi) is 7.06. The lowest BCUT2D eigenvalue weighted by atomic mass is 9.93. The molecule has 0 radical (unpaired) electrons. The van der Waals surface area contributed by atoms with Gasteiger partial charge in [-0.25, -0.2) is 9.79 Å². The summed E-state index contributed by atoms with van der Waals surface area (Å²) in [4.78, 5) is 49.8. The van der Waals surface area contributed by atoms with Crippen molar-refractivity contribution in [1.82, 2.24) is 4.57 Å². The van der Waals surface area contributed by atoms with Gasteiger partial charge in [-0.15, -0.1) is 0 Å². The molecule has 0 bridgehead atoms. The van der Waals surface area contributed by atoms with Crippen molar-refractivity contribution in [3.63, 3.8) is 0 Å². The maximum Gasteiger partial charge on any atom is 0.338 e. The Bertz CT molecular complexity index is 2290. The number of carbonyl (C=O) groups is 2. The average Bonchev–Trinajstić information content (AvgIpc) is 3.78. The number of thiazole rings is 1. The number of amides is 1. The SMILES string of the molecule is CCOC(=O)C1=C(c2ccccc2)N=c2s/c(=C3\C(=O)N(Cc4ccccc4)c4ccccc43)c(=O)n2C1c1ccc2c(c1)OCO2. The number of ether oxygens (including phenoxy) is 3. The standard InChI is InChI=1S/C37H27N3O6S/c1-2-44-36(43)30-31(23-13-7-4-8-14-23)38-37-40(32(30)24-17-18-27-28(19-24)46-21-45-27)35(42)33(47-37)29-25-15-9-10-16-26(25)39(34(29)41)20-22-11-5-3-6-12-22/h3-19,32H,2,20-21H2,1H3/b33-29-. The quantitative estimate of drug-likeness (QED) is 0.252. The lowest BCUT2D eigenvalue weighted by molar-refractivity contribution is -0.138. The Morgan fingerprint density at radius 2 is 1.64 bits per heavy atom. The molecule has 0 aliphatic carbocycles. The van der Waals surface area contributed by atoms with Crippen molar-refractivity contribution in [2.24, 2.45) is 4.99 Å². The Morgan fingerprint density at radius 3 is 2.43 bits per heavy atom. The van der Waals surface area contributed by atoms with Crippen LogP contribution in [0, 0.1) is 0 Å². The Hall–Kier alpha value is -5.74. The van der Waals surface area contributed by atoms with Crippen LogP contribution in [-0.2, 0) is 20.9 Å². The zero-order chi connectivity index (χ0) is 32.1. The minimum atomic E-state index is -0.920. The first kappa shape index (κ1) is 28.7. The first-order valence-corrected chi connectivity index (χ1v) is 16.0. The third kappa shape index (κ3) is 4.76. The van der Waals surface area contributed by atoms with Crippen LogP contribution in [-0.4, -0.2) is 29.8 Å². The van der Waals surface area contributed by atoms with Gasteiger partial charge < -0.3 is 19.1 Å². The highest BCUT2D eigenvalue weighted by atomic mass is 32.1. The molecule has 0 N–H and O–H groups in total. The van der Waals surface area contributed by atoms with E-state index in [1.54, 1.807) is 24.0 Å². The summed E-state index contributed by atoms with van der Waals surface area (Å²) in [6.45, 7) is 2.29. The van der Waals surface area contributed by atoms with Crippen molar-refractivity contribution in [1.29, 1.82) is 0 Å². The van der Waals surface area contributed by atoms with Gasteiger partial charge in [-0.05, 0) is 36.2 Å². The summed E-state index contributed by atoms with van der Waals surface area (Å²) < 4.78 is 18.6. The molecule has 0 saturated carbocycles. The lowest BCUT2D eigenvalue weighted by Crippen LogP contribution is -2.41. The molecular weight excluding hydrogens is 614 g/mol. The molecule has 10 heteroatoms. The number of aromatic nitrogens is 1. The van der Waals surface area contributed by atoms with Crippen molar-refractivity contribution < 1.29 is 23.8 Å². The minimum Gasteiger partial charge on any atom is -0.463 e. The monoisotopic (exact) mass is 641 g/mol. The van der Waals surface area contributed by atoms with Crippen molar-refractivity contribution in [2.75, 3.05) is 18.3 Å². The minimum absolute atomic E-state index is 0.0712. The Balaban J connectivity index is 1.40. The van der Waals surface area contributed by atoms with Gasteiger partial charge in [-0.2, -0.15) is 0 Å². The molecule has 0 spiro atoms. The van der Waals surface area contributed by atoms with Crippen LogP contribution in [0.1, 0.15) is 35.2 Å². The number of benzene rings is 4. The number of carbonyl (C=O) groups excluding carboxylic acids is 2. The third-order valence-electron chi connectivity index (χ3n) is 8.40. The molecule has 47 heavy (non-hydrogen) atoms. The Labute approximate surface area is 272 Å². The maximum absolute atomic E-state index is 14.7. The molecule has 3 aliphatic heterocycles. The van der Waals surface area contributed by atoms with Crippen LogP contribution in [0.3, 0.4) is 0 Å². The van der Waals surface area contributed by atoms with E-state index in [4.69, 9.17) is 19.2 Å². The molecule has 0 saturated heterocycles. The second-order valence-corrected chi connectivity index (χ2v) is 12.1. The predicted molar refractivity (Wildman–Crippen MR) is 177 cm³/mol. The normalized spacial score (nSPS) is 17.3. The first-order valence-electron chi connectivity index (χ1n) is 15.2. The van der Waals surface area contributed by atoms with Crippen LogP contribution in [0.15, 0.2) is 118 Å². The summed E-state index contributed by atoms with van der Waals surface area (Å²) in [5.41, 5.74) is 4.17. The fourth-order valence-electron chi connectivity index (χ4n) is 6.31. The molecule has 1 unspecified atom stereocenters. The molecule has 232 valence electrons. The molecule has 3 aliphatic rings. The highest BCUT2D eigenvalue weighted by Crippen LogP contribution is 2.41. The number of fused-ring (bicyclic) bond motifs is 3. The number of esters is 1. The smallest absolute Gasteiger partial charge is 0.338 e. The molecule has 1 atom stereocenters. The summed E-state index contributed by atoms with van der Waals surface area (Å²) in [6, 6.07) is 31.0. The van der Waals surface area contributed by atoms with Crippen LogP contribution in [0.5, 0.6) is 11.5 Å². The van der Waals surface area contributed by atoms with Gasteiger partial charge in [0.1, 0.15) is 4.53 Å². The lowest BCUT2D eigenvalue weighted by Gasteiger charge is -2.26. The van der Waals surface area contributed by atoms with E-state index in [2.05, 4.69) is 0 Å². The van der Waals surface area contributed by atoms with Crippen molar-refractivity contribution in [2.45, 2.75) is 19.5 Å². The van der Waals surface area contributed by atoms with Crippen LogP contribution >= 0.6 is 11.3 Å². The van der Waals surface area contributed by atoms with E-state index in [1.165, 1.54) is 4.57 Å². The molecule has 9 nitrogen and oxygen atoms in total. The maximum atomic E-state index is 14.7. The van der Waals surface area contributed by atoms with E-state index in [-0.39, 0.29) is 29.4 Å². The molecular formula is C37H27N3O6S. The van der Waals surface area contributed by atoms with Gasteiger partial charge in [0.2, 0.25) is 6.79 Å². The summed E-state index contributed by atoms with van der Waals surface area (Å²) in [5, 5.41) is 0. The summed E-state index contributed by atoms with van der Waals surface area (Å²) >= 11 is 1.14. The van der Waals surface area contributed by atoms with Gasteiger partial charge in [-0.1, -0.05) is 96.3 Å². The van der Waals surface area contributed by atoms with Gasteiger partial charge in [0.15, 0.2) is 16.3 Å². The summed E-state index contributed by atoms with van der Waals surface area (Å²) in [7, 11) is 0. The van der Waals surface area contributed by atoms with Crippen molar-refractivity contribution in [3.8, 4) is 11.5 Å². The van der Waals surface area contributed by atoms with Crippen LogP contribution in [0.4, 0.5) is 5.69 Å². The van der Waals surface area contributed by atoms with Crippen molar-refractivity contribution >= 4 is 40.2 Å². The molecule has 1 amide bonds. The fourth-order valence-corrected chi connectivity index (χ4v) is 7.40. The predicted octanol–water partition coefficient (Wildman–Crippen LogP) is 4.58. The molecule has 4 aromatic carbocycles. The van der Waals surface area contributed by atoms with Crippen molar-refractivity contribution in [3.05, 3.63) is 151 Å². The van der Waals surface area contributed by atoms with E-state index in [0.717, 1.165) is 22.6 Å². The summed E-state index contributed by atoms with van der Waals surface area (Å²) in [6.07, 6.45) is 0. The molecule has 5 aromatic rings. The largest absolute Gasteiger partial charge is 0.463 e.